The third-order valence-electron chi connectivity index (χ3n) is 4.02. The molecule has 1 aromatic heterocycles. The van der Waals surface area contributed by atoms with Gasteiger partial charge in [0.05, 0.1) is 11.8 Å². The lowest BCUT2D eigenvalue weighted by Crippen LogP contribution is -2.17. The van der Waals surface area contributed by atoms with Gasteiger partial charge >= 0.3 is 5.97 Å². The fourth-order valence-electron chi connectivity index (χ4n) is 2.79. The predicted molar refractivity (Wildman–Crippen MR) is 72.1 cm³/mol. The molecule has 0 saturated heterocycles. The molecule has 0 bridgehead atoms. The van der Waals surface area contributed by atoms with Crippen molar-refractivity contribution < 1.29 is 18.8 Å². The second-order valence-corrected chi connectivity index (χ2v) is 5.40. The lowest BCUT2D eigenvalue weighted by Gasteiger charge is -2.10. The average molecular weight is 290 g/mol. The largest absolute Gasteiger partial charge is 0.481 e. The van der Waals surface area contributed by atoms with E-state index in [2.05, 4.69) is 10.1 Å². The van der Waals surface area contributed by atoms with Crippen molar-refractivity contribution in [3.8, 4) is 11.4 Å². The van der Waals surface area contributed by atoms with Gasteiger partial charge in [-0.05, 0) is 31.4 Å². The van der Waals surface area contributed by atoms with Crippen molar-refractivity contribution in [3.63, 3.8) is 0 Å². The first-order valence-electron chi connectivity index (χ1n) is 6.89. The SMILES string of the molecule is Cc1ccc(-c2noc(C3CCCC3C(=O)O)n2)cc1F. The van der Waals surface area contributed by atoms with Crippen molar-refractivity contribution in [3.05, 3.63) is 35.5 Å². The van der Waals surface area contributed by atoms with Crippen molar-refractivity contribution in [1.29, 1.82) is 0 Å². The van der Waals surface area contributed by atoms with Crippen molar-refractivity contribution in [2.45, 2.75) is 32.1 Å². The normalized spacial score (nSPS) is 21.6. The van der Waals surface area contributed by atoms with Crippen molar-refractivity contribution in [2.75, 3.05) is 0 Å². The molecule has 2 unspecified atom stereocenters. The standard InChI is InChI=1S/C15H15FN2O3/c1-8-5-6-9(7-12(8)16)13-17-14(21-18-13)10-3-2-4-11(10)15(19)20/h5-7,10-11H,2-4H2,1H3,(H,19,20). The van der Waals surface area contributed by atoms with Crippen LogP contribution in [0, 0.1) is 18.7 Å². The van der Waals surface area contributed by atoms with Crippen molar-refractivity contribution >= 4 is 5.97 Å². The van der Waals surface area contributed by atoms with Gasteiger partial charge in [-0.25, -0.2) is 4.39 Å². The van der Waals surface area contributed by atoms with Crippen LogP contribution in [0.3, 0.4) is 0 Å². The molecule has 0 amide bonds. The first-order valence-corrected chi connectivity index (χ1v) is 6.89. The average Bonchev–Trinajstić information content (AvgIpc) is 3.09. The minimum atomic E-state index is -0.835. The van der Waals surface area contributed by atoms with E-state index in [-0.39, 0.29) is 11.7 Å². The summed E-state index contributed by atoms with van der Waals surface area (Å²) in [5.41, 5.74) is 1.07. The maximum Gasteiger partial charge on any atom is 0.307 e. The Bertz CT molecular complexity index is 683. The van der Waals surface area contributed by atoms with E-state index >= 15 is 0 Å². The molecule has 5 nitrogen and oxygen atoms in total. The first-order chi connectivity index (χ1) is 10.1. The molecule has 0 aliphatic heterocycles. The monoisotopic (exact) mass is 290 g/mol. The number of carboxylic acid groups (broad SMARTS) is 1. The number of carboxylic acids is 1. The Labute approximate surface area is 120 Å². The van der Waals surface area contributed by atoms with E-state index in [1.807, 2.05) is 0 Å². The lowest BCUT2D eigenvalue weighted by atomic mass is 9.96. The van der Waals surface area contributed by atoms with Gasteiger partial charge in [-0.3, -0.25) is 4.79 Å². The van der Waals surface area contributed by atoms with Crippen LogP contribution in [-0.2, 0) is 4.79 Å². The highest BCUT2D eigenvalue weighted by molar-refractivity contribution is 5.71. The summed E-state index contributed by atoms with van der Waals surface area (Å²) in [7, 11) is 0. The minimum absolute atomic E-state index is 0.251. The van der Waals surface area contributed by atoms with E-state index in [9.17, 15) is 14.3 Å². The zero-order valence-corrected chi connectivity index (χ0v) is 11.5. The Kier molecular flexibility index (Phi) is 3.45. The Morgan fingerprint density at radius 1 is 1.43 bits per heavy atom. The molecule has 2 aromatic rings. The first kappa shape index (κ1) is 13.7. The molecule has 2 atom stereocenters. The van der Waals surface area contributed by atoms with Gasteiger partial charge in [-0.1, -0.05) is 23.7 Å². The van der Waals surface area contributed by atoms with Crippen LogP contribution < -0.4 is 0 Å². The quantitative estimate of drug-likeness (QED) is 0.939. The van der Waals surface area contributed by atoms with Crippen LogP contribution in [0.1, 0.15) is 36.6 Å². The lowest BCUT2D eigenvalue weighted by molar-refractivity contribution is -0.142. The maximum atomic E-state index is 13.6. The topological polar surface area (TPSA) is 76.2 Å². The van der Waals surface area contributed by atoms with Gasteiger partial charge in [0.2, 0.25) is 11.7 Å². The molecule has 1 aliphatic rings. The van der Waals surface area contributed by atoms with E-state index in [1.165, 1.54) is 6.07 Å². The van der Waals surface area contributed by atoms with Crippen LogP contribution in [0.5, 0.6) is 0 Å². The molecule has 1 N–H and O–H groups in total. The van der Waals surface area contributed by atoms with E-state index in [0.29, 0.717) is 29.3 Å². The second-order valence-electron chi connectivity index (χ2n) is 5.40. The van der Waals surface area contributed by atoms with Gasteiger partial charge in [0.15, 0.2) is 0 Å². The number of aliphatic carboxylic acids is 1. The number of hydrogen-bond donors (Lipinski definition) is 1. The fraction of sp³-hybridized carbons (Fsp3) is 0.400. The van der Waals surface area contributed by atoms with E-state index in [4.69, 9.17) is 4.52 Å². The van der Waals surface area contributed by atoms with Gasteiger partial charge in [0, 0.05) is 5.56 Å². The molecule has 1 heterocycles. The molecular weight excluding hydrogens is 275 g/mol. The number of aromatic nitrogens is 2. The Balaban J connectivity index is 1.89. The van der Waals surface area contributed by atoms with Crippen LogP contribution in [0.15, 0.2) is 22.7 Å². The molecule has 21 heavy (non-hydrogen) atoms. The van der Waals surface area contributed by atoms with Gasteiger partial charge in [0.1, 0.15) is 5.82 Å². The number of halogens is 1. The van der Waals surface area contributed by atoms with E-state index in [1.54, 1.807) is 19.1 Å². The molecule has 110 valence electrons. The summed E-state index contributed by atoms with van der Waals surface area (Å²) < 4.78 is 18.8. The number of rotatable bonds is 3. The molecule has 1 fully saturated rings. The van der Waals surface area contributed by atoms with Crippen LogP contribution in [0.4, 0.5) is 4.39 Å². The molecule has 0 radical (unpaired) electrons. The maximum absolute atomic E-state index is 13.6. The smallest absolute Gasteiger partial charge is 0.307 e. The number of benzene rings is 1. The van der Waals surface area contributed by atoms with Gasteiger partial charge in [-0.15, -0.1) is 0 Å². The number of hydrogen-bond acceptors (Lipinski definition) is 4. The van der Waals surface area contributed by atoms with Gasteiger partial charge in [-0.2, -0.15) is 4.98 Å². The highest BCUT2D eigenvalue weighted by Gasteiger charge is 2.37. The molecule has 1 aliphatic carbocycles. The zero-order valence-electron chi connectivity index (χ0n) is 11.5. The molecule has 1 saturated carbocycles. The Morgan fingerprint density at radius 2 is 2.24 bits per heavy atom. The van der Waals surface area contributed by atoms with Gasteiger partial charge in [0.25, 0.3) is 0 Å². The second kappa shape index (κ2) is 5.27. The summed E-state index contributed by atoms with van der Waals surface area (Å²) in [4.78, 5) is 15.5. The highest BCUT2D eigenvalue weighted by Crippen LogP contribution is 2.39. The third-order valence-corrected chi connectivity index (χ3v) is 4.02. The summed E-state index contributed by atoms with van der Waals surface area (Å²) in [5.74, 6) is -1.27. The molecule has 1 aromatic carbocycles. The Morgan fingerprint density at radius 3 is 2.95 bits per heavy atom. The van der Waals surface area contributed by atoms with Crippen molar-refractivity contribution in [2.24, 2.45) is 5.92 Å². The van der Waals surface area contributed by atoms with Crippen molar-refractivity contribution in [1.82, 2.24) is 10.1 Å². The van der Waals surface area contributed by atoms with E-state index < -0.39 is 11.9 Å². The number of nitrogens with zero attached hydrogens (tertiary/aromatic N) is 2. The summed E-state index contributed by atoms with van der Waals surface area (Å²) in [5, 5.41) is 13.0. The number of aryl methyl sites for hydroxylation is 1. The highest BCUT2D eigenvalue weighted by atomic mass is 19.1. The Hall–Kier alpha value is -2.24. The van der Waals surface area contributed by atoms with Gasteiger partial charge < -0.3 is 9.63 Å². The summed E-state index contributed by atoms with van der Waals surface area (Å²) in [6.45, 7) is 1.68. The number of carbonyl (C=O) groups is 1. The van der Waals surface area contributed by atoms with Crippen LogP contribution >= 0.6 is 0 Å². The van der Waals surface area contributed by atoms with Crippen LogP contribution in [0.2, 0.25) is 0 Å². The minimum Gasteiger partial charge on any atom is -0.481 e. The molecule has 6 heteroatoms. The molecular formula is C15H15FN2O3. The summed E-state index contributed by atoms with van der Waals surface area (Å²) in [6, 6.07) is 4.72. The summed E-state index contributed by atoms with van der Waals surface area (Å²) in [6.07, 6.45) is 2.18. The zero-order chi connectivity index (χ0) is 15.0. The fourth-order valence-corrected chi connectivity index (χ4v) is 2.79. The van der Waals surface area contributed by atoms with Crippen LogP contribution in [-0.4, -0.2) is 21.2 Å². The molecule has 0 spiro atoms. The third kappa shape index (κ3) is 2.53. The summed E-state index contributed by atoms with van der Waals surface area (Å²) >= 11 is 0. The van der Waals surface area contributed by atoms with Crippen LogP contribution in [0.25, 0.3) is 11.4 Å². The molecule has 3 rings (SSSR count). The van der Waals surface area contributed by atoms with E-state index in [0.717, 1.165) is 12.8 Å². The predicted octanol–water partition coefficient (Wildman–Crippen LogP) is 3.15.